The molecule has 0 radical (unpaired) electrons. The van der Waals surface area contributed by atoms with Gasteiger partial charge in [-0.15, -0.1) is 0 Å². The highest BCUT2D eigenvalue weighted by molar-refractivity contribution is 5.77. The minimum Gasteiger partial charge on any atom is -0.335 e. The molecule has 1 atom stereocenters. The molecule has 0 spiro atoms. The van der Waals surface area contributed by atoms with Crippen molar-refractivity contribution in [1.29, 1.82) is 0 Å². The highest BCUT2D eigenvalue weighted by Crippen LogP contribution is 2.31. The van der Waals surface area contributed by atoms with Crippen molar-refractivity contribution in [2.75, 3.05) is 6.54 Å². The topological polar surface area (TPSA) is 41.1 Å². The maximum absolute atomic E-state index is 12.4. The van der Waals surface area contributed by atoms with Crippen LogP contribution in [0.3, 0.4) is 0 Å². The van der Waals surface area contributed by atoms with E-state index in [0.29, 0.717) is 12.1 Å². The number of carbonyl (C=O) groups excluding carboxylic acids is 1. The Hall–Kier alpha value is -1.72. The number of carbonyl (C=O) groups is 1. The highest BCUT2D eigenvalue weighted by Gasteiger charge is 2.36. The number of alkyl halides is 3. The van der Waals surface area contributed by atoms with Crippen LogP contribution in [0.4, 0.5) is 18.0 Å². The molecule has 1 unspecified atom stereocenters. The second kappa shape index (κ2) is 3.65. The third-order valence-electron chi connectivity index (χ3n) is 2.84. The first-order valence-electron chi connectivity index (χ1n) is 5.05. The first-order valence-corrected chi connectivity index (χ1v) is 5.05. The predicted octanol–water partition coefficient (Wildman–Crippen LogP) is 2.23. The second-order valence-electron chi connectivity index (χ2n) is 4.21. The molecule has 1 aliphatic heterocycles. The zero-order valence-corrected chi connectivity index (χ0v) is 9.06. The van der Waals surface area contributed by atoms with Gasteiger partial charge in [0.2, 0.25) is 0 Å². The standard InChI is InChI=1S/C11H11F3N2O/c1-10(6-15-9(17)16-10)7-2-4-8(5-3-7)11(12,13)14/h2-5H,6H2,1H3,(H2,15,16,17). The summed E-state index contributed by atoms with van der Waals surface area (Å²) in [7, 11) is 0. The van der Waals surface area contributed by atoms with Crippen LogP contribution in [0.1, 0.15) is 18.1 Å². The van der Waals surface area contributed by atoms with Gasteiger partial charge in [0.05, 0.1) is 11.1 Å². The Bertz CT molecular complexity index is 441. The lowest BCUT2D eigenvalue weighted by Crippen LogP contribution is -2.37. The average Bonchev–Trinajstić information content (AvgIpc) is 2.59. The lowest BCUT2D eigenvalue weighted by molar-refractivity contribution is -0.137. The third-order valence-corrected chi connectivity index (χ3v) is 2.84. The van der Waals surface area contributed by atoms with Gasteiger partial charge in [-0.1, -0.05) is 12.1 Å². The van der Waals surface area contributed by atoms with E-state index >= 15 is 0 Å². The molecule has 0 bridgehead atoms. The molecule has 1 saturated heterocycles. The molecule has 2 amide bonds. The fourth-order valence-electron chi connectivity index (χ4n) is 1.80. The summed E-state index contributed by atoms with van der Waals surface area (Å²) in [5, 5.41) is 5.25. The van der Waals surface area contributed by atoms with Crippen molar-refractivity contribution < 1.29 is 18.0 Å². The molecule has 0 saturated carbocycles. The summed E-state index contributed by atoms with van der Waals surface area (Å²) in [4.78, 5) is 11.1. The SMILES string of the molecule is CC1(c2ccc(C(F)(F)F)cc2)CNC(=O)N1. The van der Waals surface area contributed by atoms with Gasteiger partial charge in [0, 0.05) is 6.54 Å². The Morgan fingerprint density at radius 1 is 1.24 bits per heavy atom. The third kappa shape index (κ3) is 2.20. The maximum atomic E-state index is 12.4. The first-order chi connectivity index (χ1) is 7.81. The molecule has 1 aromatic carbocycles. The molecule has 3 nitrogen and oxygen atoms in total. The molecule has 1 fully saturated rings. The molecular formula is C11H11F3N2O. The number of hydrogen-bond donors (Lipinski definition) is 2. The van der Waals surface area contributed by atoms with Crippen LogP contribution in [0.5, 0.6) is 0 Å². The number of urea groups is 1. The minimum absolute atomic E-state index is 0.313. The van der Waals surface area contributed by atoms with Crippen LogP contribution in [0.15, 0.2) is 24.3 Å². The molecule has 92 valence electrons. The molecule has 6 heteroatoms. The molecule has 0 aliphatic carbocycles. The van der Waals surface area contributed by atoms with Gasteiger partial charge in [-0.05, 0) is 24.6 Å². The van der Waals surface area contributed by atoms with Crippen molar-refractivity contribution in [2.45, 2.75) is 18.6 Å². The Labute approximate surface area is 96.0 Å². The van der Waals surface area contributed by atoms with Gasteiger partial charge in [0.15, 0.2) is 0 Å². The van der Waals surface area contributed by atoms with Crippen LogP contribution in [-0.2, 0) is 11.7 Å². The van der Waals surface area contributed by atoms with Gasteiger partial charge in [-0.25, -0.2) is 4.79 Å². The predicted molar refractivity (Wildman–Crippen MR) is 55.3 cm³/mol. The van der Waals surface area contributed by atoms with E-state index in [4.69, 9.17) is 0 Å². The Morgan fingerprint density at radius 3 is 2.24 bits per heavy atom. The van der Waals surface area contributed by atoms with Crippen molar-refractivity contribution >= 4 is 6.03 Å². The fraction of sp³-hybridized carbons (Fsp3) is 0.364. The summed E-state index contributed by atoms with van der Waals surface area (Å²) in [5.41, 5.74) is -0.702. The van der Waals surface area contributed by atoms with Crippen LogP contribution in [0.2, 0.25) is 0 Å². The number of amides is 2. The van der Waals surface area contributed by atoms with Gasteiger partial charge in [-0.3, -0.25) is 0 Å². The number of benzene rings is 1. The first kappa shape index (κ1) is 11.8. The normalized spacial score (nSPS) is 24.4. The number of halogens is 3. The van der Waals surface area contributed by atoms with E-state index in [1.807, 2.05) is 0 Å². The minimum atomic E-state index is -4.34. The fourth-order valence-corrected chi connectivity index (χ4v) is 1.80. The molecule has 1 aliphatic rings. The summed E-state index contributed by atoms with van der Waals surface area (Å²) in [5.74, 6) is 0. The summed E-state index contributed by atoms with van der Waals surface area (Å²) < 4.78 is 37.1. The molecule has 1 aromatic rings. The lowest BCUT2D eigenvalue weighted by atomic mass is 9.92. The quantitative estimate of drug-likeness (QED) is 0.781. The van der Waals surface area contributed by atoms with E-state index in [-0.39, 0.29) is 6.03 Å². The van der Waals surface area contributed by atoms with Gasteiger partial charge >= 0.3 is 12.2 Å². The number of rotatable bonds is 1. The molecule has 2 N–H and O–H groups in total. The van der Waals surface area contributed by atoms with Crippen molar-refractivity contribution in [3.63, 3.8) is 0 Å². The monoisotopic (exact) mass is 244 g/mol. The Kier molecular flexibility index (Phi) is 2.52. The Morgan fingerprint density at radius 2 is 1.82 bits per heavy atom. The molecular weight excluding hydrogens is 233 g/mol. The Balaban J connectivity index is 2.27. The molecule has 2 rings (SSSR count). The summed E-state index contributed by atoms with van der Waals surface area (Å²) >= 11 is 0. The largest absolute Gasteiger partial charge is 0.416 e. The average molecular weight is 244 g/mol. The number of hydrogen-bond acceptors (Lipinski definition) is 1. The smallest absolute Gasteiger partial charge is 0.335 e. The van der Waals surface area contributed by atoms with Crippen molar-refractivity contribution in [3.05, 3.63) is 35.4 Å². The van der Waals surface area contributed by atoms with Crippen LogP contribution < -0.4 is 10.6 Å². The van der Waals surface area contributed by atoms with Crippen molar-refractivity contribution in [3.8, 4) is 0 Å². The molecule has 1 heterocycles. The second-order valence-corrected chi connectivity index (χ2v) is 4.21. The zero-order chi connectivity index (χ0) is 12.7. The van der Waals surface area contributed by atoms with E-state index < -0.39 is 17.3 Å². The van der Waals surface area contributed by atoms with Crippen LogP contribution in [-0.4, -0.2) is 12.6 Å². The number of nitrogens with one attached hydrogen (secondary N) is 2. The maximum Gasteiger partial charge on any atom is 0.416 e. The van der Waals surface area contributed by atoms with Crippen LogP contribution >= 0.6 is 0 Å². The lowest BCUT2D eigenvalue weighted by Gasteiger charge is -2.23. The van der Waals surface area contributed by atoms with E-state index in [9.17, 15) is 18.0 Å². The van der Waals surface area contributed by atoms with E-state index in [1.54, 1.807) is 6.92 Å². The van der Waals surface area contributed by atoms with Gasteiger partial charge in [0.25, 0.3) is 0 Å². The summed E-state index contributed by atoms with van der Waals surface area (Å²) in [6.45, 7) is 2.12. The van der Waals surface area contributed by atoms with E-state index in [2.05, 4.69) is 10.6 Å². The van der Waals surface area contributed by atoms with Gasteiger partial charge in [0.1, 0.15) is 0 Å². The summed E-state index contributed by atoms with van der Waals surface area (Å²) in [6, 6.07) is 4.50. The molecule has 17 heavy (non-hydrogen) atoms. The van der Waals surface area contributed by atoms with Crippen molar-refractivity contribution in [2.24, 2.45) is 0 Å². The van der Waals surface area contributed by atoms with Crippen molar-refractivity contribution in [1.82, 2.24) is 10.6 Å². The summed E-state index contributed by atoms with van der Waals surface area (Å²) in [6.07, 6.45) is -4.34. The zero-order valence-electron chi connectivity index (χ0n) is 9.06. The highest BCUT2D eigenvalue weighted by atomic mass is 19.4. The van der Waals surface area contributed by atoms with Gasteiger partial charge < -0.3 is 10.6 Å². The van der Waals surface area contributed by atoms with Crippen LogP contribution in [0, 0.1) is 0 Å². The van der Waals surface area contributed by atoms with Gasteiger partial charge in [-0.2, -0.15) is 13.2 Å². The van der Waals surface area contributed by atoms with E-state index in [1.165, 1.54) is 12.1 Å². The molecule has 0 aromatic heterocycles. The van der Waals surface area contributed by atoms with Crippen LogP contribution in [0.25, 0.3) is 0 Å². The van der Waals surface area contributed by atoms with E-state index in [0.717, 1.165) is 12.1 Å².